The minimum atomic E-state index is -0.219. The van der Waals surface area contributed by atoms with Crippen LogP contribution in [0, 0.1) is 24.3 Å². The lowest BCUT2D eigenvalue weighted by atomic mass is 10.2. The summed E-state index contributed by atoms with van der Waals surface area (Å²) in [6, 6.07) is 16.2. The Morgan fingerprint density at radius 3 is 2.57 bits per heavy atom. The molecule has 0 aliphatic carbocycles. The van der Waals surface area contributed by atoms with Gasteiger partial charge < -0.3 is 15.2 Å². The van der Waals surface area contributed by atoms with E-state index in [0.29, 0.717) is 9.93 Å². The number of hydrogen-bond donors (Lipinski definition) is 2. The van der Waals surface area contributed by atoms with Gasteiger partial charge in [0.25, 0.3) is 5.91 Å². The van der Waals surface area contributed by atoms with Crippen LogP contribution >= 0.6 is 46.0 Å². The van der Waals surface area contributed by atoms with Crippen LogP contribution in [0.3, 0.4) is 0 Å². The van der Waals surface area contributed by atoms with E-state index >= 15 is 0 Å². The quantitative estimate of drug-likeness (QED) is 0.298. The molecule has 2 aromatic carbocycles. The van der Waals surface area contributed by atoms with Crippen molar-refractivity contribution in [2.24, 2.45) is 0 Å². The zero-order valence-corrected chi connectivity index (χ0v) is 20.5. The van der Waals surface area contributed by atoms with Gasteiger partial charge in [-0.2, -0.15) is 0 Å². The third kappa shape index (κ3) is 4.40. The molecule has 1 atom stereocenters. The van der Waals surface area contributed by atoms with Gasteiger partial charge in [0.2, 0.25) is 0 Å². The van der Waals surface area contributed by atoms with Gasteiger partial charge in [-0.05, 0) is 109 Å². The molecule has 2 N–H and O–H groups in total. The van der Waals surface area contributed by atoms with Crippen LogP contribution in [0.15, 0.2) is 53.4 Å². The summed E-state index contributed by atoms with van der Waals surface area (Å²) in [7, 11) is 0. The lowest BCUT2D eigenvalue weighted by Gasteiger charge is -2.15. The number of halogens is 2. The fourth-order valence-electron chi connectivity index (χ4n) is 3.56. The van der Waals surface area contributed by atoms with E-state index in [-0.39, 0.29) is 11.4 Å². The highest BCUT2D eigenvalue weighted by Crippen LogP contribution is 2.33. The number of nitrogens with zero attached hydrogens (tertiary/aromatic N) is 1. The highest BCUT2D eigenvalue weighted by molar-refractivity contribution is 14.1. The summed E-state index contributed by atoms with van der Waals surface area (Å²) >= 11 is 9.83. The fourth-order valence-corrected chi connectivity index (χ4v) is 5.11. The Balaban J connectivity index is 1.57. The molecule has 1 aliphatic heterocycles. The summed E-state index contributed by atoms with van der Waals surface area (Å²) in [5, 5.41) is 7.07. The van der Waals surface area contributed by atoms with Gasteiger partial charge in [0.1, 0.15) is 0 Å². The molecule has 1 unspecified atom stereocenters. The number of anilines is 1. The average molecular weight is 550 g/mol. The number of amides is 1. The predicted molar refractivity (Wildman–Crippen MR) is 135 cm³/mol. The van der Waals surface area contributed by atoms with Gasteiger partial charge in [-0.1, -0.05) is 23.4 Å². The molecule has 154 valence electrons. The Labute approximate surface area is 199 Å². The summed E-state index contributed by atoms with van der Waals surface area (Å²) in [6.45, 7) is 6.16. The molecule has 1 saturated heterocycles. The first-order valence-electron chi connectivity index (χ1n) is 9.48. The number of rotatable bonds is 4. The van der Waals surface area contributed by atoms with Gasteiger partial charge in [0.15, 0.2) is 5.50 Å². The molecule has 0 saturated carbocycles. The third-order valence-electron chi connectivity index (χ3n) is 5.05. The molecular weight excluding hydrogens is 529 g/mol. The molecular formula is C23H21ClIN3OS. The van der Waals surface area contributed by atoms with Gasteiger partial charge in [-0.15, -0.1) is 0 Å². The van der Waals surface area contributed by atoms with Crippen molar-refractivity contribution in [2.75, 3.05) is 5.32 Å². The minimum absolute atomic E-state index is 0.0665. The van der Waals surface area contributed by atoms with Crippen LogP contribution in [0.25, 0.3) is 11.8 Å². The number of carbonyl (C=O) groups excluding carboxylic acids is 1. The Morgan fingerprint density at radius 1 is 1.13 bits per heavy atom. The van der Waals surface area contributed by atoms with Crippen molar-refractivity contribution in [2.45, 2.75) is 26.3 Å². The van der Waals surface area contributed by atoms with Gasteiger partial charge >= 0.3 is 0 Å². The summed E-state index contributed by atoms with van der Waals surface area (Å²) < 4.78 is 3.42. The molecule has 30 heavy (non-hydrogen) atoms. The van der Waals surface area contributed by atoms with Crippen molar-refractivity contribution in [1.82, 2.24) is 9.88 Å². The topological polar surface area (TPSA) is 46.1 Å². The number of thioether (sulfide) groups is 1. The van der Waals surface area contributed by atoms with Crippen molar-refractivity contribution < 1.29 is 4.79 Å². The number of aryl methyl sites for hydroxylation is 2. The van der Waals surface area contributed by atoms with Crippen molar-refractivity contribution in [3.8, 4) is 5.69 Å². The second-order valence-electron chi connectivity index (χ2n) is 7.22. The lowest BCUT2D eigenvalue weighted by Crippen LogP contribution is -2.31. The highest BCUT2D eigenvalue weighted by atomic mass is 127. The summed E-state index contributed by atoms with van der Waals surface area (Å²) in [5.74, 6) is -0.0665. The van der Waals surface area contributed by atoms with Crippen LogP contribution in [0.5, 0.6) is 0 Å². The van der Waals surface area contributed by atoms with Gasteiger partial charge in [-0.25, -0.2) is 0 Å². The van der Waals surface area contributed by atoms with E-state index in [1.54, 1.807) is 0 Å². The first-order valence-corrected chi connectivity index (χ1v) is 11.8. The molecule has 1 aromatic heterocycles. The number of benzene rings is 2. The fraction of sp³-hybridized carbons (Fsp3) is 0.174. The number of nitrogens with one attached hydrogen (secondary N) is 2. The van der Waals surface area contributed by atoms with Gasteiger partial charge in [-0.3, -0.25) is 4.79 Å². The van der Waals surface area contributed by atoms with Crippen LogP contribution < -0.4 is 10.6 Å². The summed E-state index contributed by atoms with van der Waals surface area (Å²) in [5.41, 5.74) is 6.19. The molecule has 0 spiro atoms. The maximum Gasteiger partial charge on any atom is 0.260 e. The van der Waals surface area contributed by atoms with Gasteiger partial charge in [0, 0.05) is 31.4 Å². The molecule has 4 nitrogen and oxygen atoms in total. The van der Waals surface area contributed by atoms with Crippen molar-refractivity contribution in [3.63, 3.8) is 0 Å². The molecule has 1 amide bonds. The first-order chi connectivity index (χ1) is 14.3. The van der Waals surface area contributed by atoms with Crippen LogP contribution in [0.1, 0.15) is 22.5 Å². The molecule has 7 heteroatoms. The van der Waals surface area contributed by atoms with E-state index < -0.39 is 0 Å². The largest absolute Gasteiger partial charge is 0.356 e. The Hall–Kier alpha value is -1.90. The van der Waals surface area contributed by atoms with Crippen molar-refractivity contribution >= 4 is 63.6 Å². The van der Waals surface area contributed by atoms with Gasteiger partial charge in [0.05, 0.1) is 4.91 Å². The molecule has 1 fully saturated rings. The van der Waals surface area contributed by atoms with E-state index in [2.05, 4.69) is 82.0 Å². The summed E-state index contributed by atoms with van der Waals surface area (Å²) in [4.78, 5) is 13.3. The Morgan fingerprint density at radius 2 is 1.87 bits per heavy atom. The zero-order valence-electron chi connectivity index (χ0n) is 16.8. The normalized spacial score (nSPS) is 17.4. The molecule has 3 aromatic rings. The van der Waals surface area contributed by atoms with E-state index in [9.17, 15) is 4.79 Å². The van der Waals surface area contributed by atoms with E-state index in [1.165, 1.54) is 15.3 Å². The second-order valence-corrected chi connectivity index (χ2v) is 10.1. The van der Waals surface area contributed by atoms with E-state index in [4.69, 9.17) is 11.6 Å². The Bertz CT molecular complexity index is 1150. The van der Waals surface area contributed by atoms with E-state index in [0.717, 1.165) is 33.9 Å². The predicted octanol–water partition coefficient (Wildman–Crippen LogP) is 6.26. The Kier molecular flexibility index (Phi) is 6.18. The first kappa shape index (κ1) is 21.3. The maximum absolute atomic E-state index is 12.6. The molecule has 1 aliphatic rings. The lowest BCUT2D eigenvalue weighted by molar-refractivity contribution is -0.116. The average Bonchev–Trinajstić information content (AvgIpc) is 3.17. The standard InChI is InChI=1S/C23H21ClIN3OS/c1-13-10-17(24)4-9-20(13)26-23-27-22(29)21(30-23)12-16-11-14(2)28(15(16)3)19-7-5-18(25)6-8-19/h4-12,23,26H,1-3H3,(H,27,29)/b21-12-. The molecule has 2 heterocycles. The smallest absolute Gasteiger partial charge is 0.260 e. The maximum atomic E-state index is 12.6. The second kappa shape index (κ2) is 8.69. The van der Waals surface area contributed by atoms with Crippen molar-refractivity contribution in [1.29, 1.82) is 0 Å². The summed E-state index contributed by atoms with van der Waals surface area (Å²) in [6.07, 6.45) is 1.97. The molecule has 0 radical (unpaired) electrons. The third-order valence-corrected chi connectivity index (χ3v) is 7.03. The van der Waals surface area contributed by atoms with Crippen LogP contribution in [-0.4, -0.2) is 16.0 Å². The van der Waals surface area contributed by atoms with Crippen LogP contribution in [-0.2, 0) is 4.79 Å². The minimum Gasteiger partial charge on any atom is -0.356 e. The monoisotopic (exact) mass is 549 g/mol. The molecule has 4 rings (SSSR count). The highest BCUT2D eigenvalue weighted by Gasteiger charge is 2.28. The number of aromatic nitrogens is 1. The zero-order chi connectivity index (χ0) is 21.4. The SMILES string of the molecule is Cc1cc(Cl)ccc1NC1NC(=O)/C(=C/c2cc(C)n(-c3ccc(I)cc3)c2C)S1. The molecule has 0 bridgehead atoms. The van der Waals surface area contributed by atoms with Crippen molar-refractivity contribution in [3.05, 3.63) is 84.5 Å². The van der Waals surface area contributed by atoms with Crippen LogP contribution in [0.4, 0.5) is 5.69 Å². The number of hydrogen-bond acceptors (Lipinski definition) is 3. The van der Waals surface area contributed by atoms with Crippen LogP contribution in [0.2, 0.25) is 5.02 Å². The van der Waals surface area contributed by atoms with E-state index in [1.807, 2.05) is 31.2 Å². The number of carbonyl (C=O) groups is 1.